The van der Waals surface area contributed by atoms with Crippen LogP contribution in [0.1, 0.15) is 32.6 Å². The molecule has 0 N–H and O–H groups in total. The number of fused-ring (bicyclic) bond motifs is 1. The molecule has 0 spiro atoms. The van der Waals surface area contributed by atoms with Crippen molar-refractivity contribution in [3.8, 4) is 0 Å². The number of cyclic esters (lactones) is 1. The van der Waals surface area contributed by atoms with Crippen LogP contribution in [-0.4, -0.2) is 12.6 Å². The molecule has 0 aromatic rings. The van der Waals surface area contributed by atoms with Gasteiger partial charge in [0.05, 0.1) is 6.61 Å². The fraction of sp³-hybridized carbons (Fsp3) is 0.727. The Hall–Kier alpha value is -0.790. The van der Waals surface area contributed by atoms with E-state index in [4.69, 9.17) is 4.74 Å². The quantitative estimate of drug-likeness (QED) is 0.422. The van der Waals surface area contributed by atoms with Crippen LogP contribution in [0.25, 0.3) is 0 Å². The van der Waals surface area contributed by atoms with Crippen molar-refractivity contribution < 1.29 is 9.53 Å². The van der Waals surface area contributed by atoms with E-state index in [0.29, 0.717) is 18.1 Å². The summed E-state index contributed by atoms with van der Waals surface area (Å²) >= 11 is 0. The molecule has 0 aromatic heterocycles. The largest absolute Gasteiger partial charge is 0.462 e. The van der Waals surface area contributed by atoms with Crippen molar-refractivity contribution >= 4 is 5.97 Å². The Morgan fingerprint density at radius 1 is 1.54 bits per heavy atom. The van der Waals surface area contributed by atoms with Gasteiger partial charge in [-0.2, -0.15) is 0 Å². The highest BCUT2D eigenvalue weighted by Gasteiger charge is 2.44. The lowest BCUT2D eigenvalue weighted by Crippen LogP contribution is -2.43. The van der Waals surface area contributed by atoms with Crippen LogP contribution in [0.15, 0.2) is 12.2 Å². The Balaban J connectivity index is 2.24. The number of esters is 1. The molecule has 2 heteroatoms. The summed E-state index contributed by atoms with van der Waals surface area (Å²) in [6.45, 7) is 6.66. The average Bonchev–Trinajstić information content (AvgIpc) is 2.12. The van der Waals surface area contributed by atoms with Gasteiger partial charge in [-0.25, -0.2) is 4.79 Å². The second-order valence-corrected chi connectivity index (χ2v) is 4.55. The van der Waals surface area contributed by atoms with Crippen molar-refractivity contribution in [2.24, 2.45) is 11.3 Å². The Morgan fingerprint density at radius 3 is 3.08 bits per heavy atom. The van der Waals surface area contributed by atoms with Gasteiger partial charge in [0.25, 0.3) is 0 Å². The normalized spacial score (nSPS) is 39.6. The molecule has 1 aliphatic heterocycles. The van der Waals surface area contributed by atoms with Crippen LogP contribution < -0.4 is 0 Å². The van der Waals surface area contributed by atoms with Crippen molar-refractivity contribution in [1.29, 1.82) is 0 Å². The summed E-state index contributed by atoms with van der Waals surface area (Å²) in [4.78, 5) is 11.3. The molecule has 13 heavy (non-hydrogen) atoms. The highest BCUT2D eigenvalue weighted by molar-refractivity contribution is 5.89. The van der Waals surface area contributed by atoms with Gasteiger partial charge < -0.3 is 4.74 Å². The predicted molar refractivity (Wildman–Crippen MR) is 50.2 cm³/mol. The lowest BCUT2D eigenvalue weighted by Gasteiger charge is -2.44. The molecule has 0 unspecified atom stereocenters. The first kappa shape index (κ1) is 8.79. The standard InChI is InChI=1S/C11H16O2/c1-8-9-5-3-4-6-11(9,2)7-13-10(8)12/h9H,1,3-7H2,2H3/t9-,11+/m1/s1. The highest BCUT2D eigenvalue weighted by atomic mass is 16.5. The molecule has 0 amide bonds. The van der Waals surface area contributed by atoms with Crippen molar-refractivity contribution in [3.05, 3.63) is 12.2 Å². The molecule has 72 valence electrons. The van der Waals surface area contributed by atoms with Crippen LogP contribution in [0, 0.1) is 11.3 Å². The maximum absolute atomic E-state index is 11.3. The van der Waals surface area contributed by atoms with Gasteiger partial charge >= 0.3 is 5.97 Å². The summed E-state index contributed by atoms with van der Waals surface area (Å²) in [6, 6.07) is 0. The van der Waals surface area contributed by atoms with Gasteiger partial charge in [-0.3, -0.25) is 0 Å². The van der Waals surface area contributed by atoms with Crippen LogP contribution >= 0.6 is 0 Å². The van der Waals surface area contributed by atoms with Crippen molar-refractivity contribution in [2.75, 3.05) is 6.61 Å². The molecule has 1 saturated heterocycles. The Bertz CT molecular complexity index is 257. The summed E-state index contributed by atoms with van der Waals surface area (Å²) in [6.07, 6.45) is 4.78. The molecule has 1 aliphatic carbocycles. The minimum absolute atomic E-state index is 0.177. The second kappa shape index (κ2) is 2.86. The molecule has 0 bridgehead atoms. The lowest BCUT2D eigenvalue weighted by molar-refractivity contribution is -0.152. The first-order valence-corrected chi connectivity index (χ1v) is 4.99. The third-order valence-corrected chi connectivity index (χ3v) is 3.55. The van der Waals surface area contributed by atoms with Crippen LogP contribution in [0.5, 0.6) is 0 Å². The third-order valence-electron chi connectivity index (χ3n) is 3.55. The highest BCUT2D eigenvalue weighted by Crippen LogP contribution is 2.47. The summed E-state index contributed by atoms with van der Waals surface area (Å²) in [5, 5.41) is 0. The molecule has 2 nitrogen and oxygen atoms in total. The van der Waals surface area contributed by atoms with Crippen LogP contribution in [0.4, 0.5) is 0 Å². The minimum atomic E-state index is -0.177. The van der Waals surface area contributed by atoms with Crippen LogP contribution in [-0.2, 0) is 9.53 Å². The van der Waals surface area contributed by atoms with Crippen LogP contribution in [0.3, 0.4) is 0 Å². The van der Waals surface area contributed by atoms with E-state index in [1.54, 1.807) is 0 Å². The van der Waals surface area contributed by atoms with E-state index in [2.05, 4.69) is 13.5 Å². The van der Waals surface area contributed by atoms with Gasteiger partial charge in [-0.05, 0) is 18.8 Å². The van der Waals surface area contributed by atoms with E-state index in [1.807, 2.05) is 0 Å². The number of hydrogen-bond donors (Lipinski definition) is 0. The van der Waals surface area contributed by atoms with Gasteiger partial charge in [0.15, 0.2) is 0 Å². The fourth-order valence-corrected chi connectivity index (χ4v) is 2.63. The van der Waals surface area contributed by atoms with Gasteiger partial charge in [0.2, 0.25) is 0 Å². The molecule has 0 radical (unpaired) electrons. The molecule has 1 heterocycles. The van der Waals surface area contributed by atoms with E-state index < -0.39 is 0 Å². The summed E-state index contributed by atoms with van der Waals surface area (Å²) in [5.41, 5.74) is 0.886. The van der Waals surface area contributed by atoms with Gasteiger partial charge in [0.1, 0.15) is 0 Å². The van der Waals surface area contributed by atoms with Crippen LogP contribution in [0.2, 0.25) is 0 Å². The molecule has 2 rings (SSSR count). The number of carbonyl (C=O) groups is 1. The smallest absolute Gasteiger partial charge is 0.333 e. The van der Waals surface area contributed by atoms with Gasteiger partial charge in [-0.15, -0.1) is 0 Å². The molecular formula is C11H16O2. The van der Waals surface area contributed by atoms with E-state index in [0.717, 1.165) is 6.42 Å². The predicted octanol–water partition coefficient (Wildman–Crippen LogP) is 2.30. The SMILES string of the molecule is C=C1C(=O)OC[C@]2(C)CCCC[C@H]12. The zero-order valence-corrected chi connectivity index (χ0v) is 8.14. The molecular weight excluding hydrogens is 164 g/mol. The second-order valence-electron chi connectivity index (χ2n) is 4.55. The Morgan fingerprint density at radius 2 is 2.31 bits per heavy atom. The first-order valence-electron chi connectivity index (χ1n) is 4.99. The molecule has 2 aliphatic rings. The monoisotopic (exact) mass is 180 g/mol. The molecule has 1 saturated carbocycles. The van der Waals surface area contributed by atoms with Gasteiger partial charge in [-0.1, -0.05) is 26.3 Å². The minimum Gasteiger partial charge on any atom is -0.462 e. The molecule has 2 atom stereocenters. The third kappa shape index (κ3) is 1.28. The molecule has 2 fully saturated rings. The Kier molecular flexibility index (Phi) is 1.94. The van der Waals surface area contributed by atoms with E-state index in [-0.39, 0.29) is 11.4 Å². The maximum Gasteiger partial charge on any atom is 0.333 e. The van der Waals surface area contributed by atoms with Gasteiger partial charge in [0, 0.05) is 11.0 Å². The fourth-order valence-electron chi connectivity index (χ4n) is 2.63. The first-order chi connectivity index (χ1) is 6.13. The number of carbonyl (C=O) groups excluding carboxylic acids is 1. The average molecular weight is 180 g/mol. The zero-order chi connectivity index (χ0) is 9.47. The summed E-state index contributed by atoms with van der Waals surface area (Å²) < 4.78 is 5.12. The van der Waals surface area contributed by atoms with E-state index in [1.165, 1.54) is 19.3 Å². The maximum atomic E-state index is 11.3. The van der Waals surface area contributed by atoms with Crippen molar-refractivity contribution in [2.45, 2.75) is 32.6 Å². The van der Waals surface area contributed by atoms with Crippen molar-refractivity contribution in [1.82, 2.24) is 0 Å². The number of hydrogen-bond acceptors (Lipinski definition) is 2. The number of rotatable bonds is 0. The topological polar surface area (TPSA) is 26.3 Å². The zero-order valence-electron chi connectivity index (χ0n) is 8.14. The Labute approximate surface area is 79.0 Å². The molecule has 0 aromatic carbocycles. The lowest BCUT2D eigenvalue weighted by atomic mass is 9.64. The van der Waals surface area contributed by atoms with Crippen molar-refractivity contribution in [3.63, 3.8) is 0 Å². The van der Waals surface area contributed by atoms with E-state index >= 15 is 0 Å². The summed E-state index contributed by atoms with van der Waals surface area (Å²) in [7, 11) is 0. The summed E-state index contributed by atoms with van der Waals surface area (Å²) in [5.74, 6) is 0.201. The number of ether oxygens (including phenoxy) is 1. The van der Waals surface area contributed by atoms with E-state index in [9.17, 15) is 4.79 Å².